The molecule has 320 valence electrons. The van der Waals surface area contributed by atoms with Crippen LogP contribution in [0.25, 0.3) is 0 Å². The van der Waals surface area contributed by atoms with E-state index in [1.807, 2.05) is 152 Å². The Kier molecular flexibility index (Phi) is 13.2. The maximum absolute atomic E-state index is 17.3. The van der Waals surface area contributed by atoms with Crippen molar-refractivity contribution < 1.29 is 47.4 Å². The van der Waals surface area contributed by atoms with Crippen molar-refractivity contribution in [1.82, 2.24) is 0 Å². The maximum Gasteiger partial charge on any atom is 0.222 e. The van der Waals surface area contributed by atoms with Crippen molar-refractivity contribution in [1.29, 1.82) is 0 Å². The fourth-order valence-corrected chi connectivity index (χ4v) is 8.36. The number of aliphatic hydroxyl groups is 1. The molecular weight excluding hydrogens is 788 g/mol. The molecule has 0 radical (unpaired) electrons. The molecule has 0 aromatic heterocycles. The van der Waals surface area contributed by atoms with Gasteiger partial charge < -0.3 is 43.0 Å². The Labute approximate surface area is 361 Å². The van der Waals surface area contributed by atoms with Crippen LogP contribution in [-0.2, 0) is 62.3 Å². The Morgan fingerprint density at radius 2 is 1.15 bits per heavy atom. The topological polar surface area (TPSA) is 94.1 Å². The summed E-state index contributed by atoms with van der Waals surface area (Å²) in [7, 11) is 0. The zero-order valence-electron chi connectivity index (χ0n) is 34.5. The zero-order valence-corrected chi connectivity index (χ0v) is 34.5. The predicted octanol–water partition coefficient (Wildman–Crippen LogP) is 9.01. The fraction of sp³-hybridized carbons (Fsp3) is 0.308. The molecule has 9 rings (SSSR count). The number of fused-ring (bicyclic) bond motifs is 2. The van der Waals surface area contributed by atoms with Crippen LogP contribution < -0.4 is 14.2 Å². The highest BCUT2D eigenvalue weighted by Crippen LogP contribution is 2.47. The van der Waals surface area contributed by atoms with Crippen LogP contribution in [0.1, 0.15) is 50.4 Å². The molecule has 10 heteroatoms. The summed E-state index contributed by atoms with van der Waals surface area (Å²) in [4.78, 5) is 0. The van der Waals surface area contributed by atoms with Gasteiger partial charge >= 0.3 is 0 Å². The maximum atomic E-state index is 17.3. The lowest BCUT2D eigenvalue weighted by Gasteiger charge is -2.48. The lowest BCUT2D eigenvalue weighted by atomic mass is 9.84. The van der Waals surface area contributed by atoms with Gasteiger partial charge in [-0.2, -0.15) is 0 Å². The molecule has 0 aliphatic carbocycles. The number of halogens is 1. The van der Waals surface area contributed by atoms with Gasteiger partial charge in [-0.25, -0.2) is 4.39 Å². The average molecular weight is 839 g/mol. The monoisotopic (exact) mass is 838 g/mol. The van der Waals surface area contributed by atoms with Crippen LogP contribution in [0.15, 0.2) is 152 Å². The van der Waals surface area contributed by atoms with Gasteiger partial charge in [-0.1, -0.05) is 127 Å². The van der Waals surface area contributed by atoms with Crippen molar-refractivity contribution >= 4 is 0 Å². The Morgan fingerprint density at radius 1 is 0.581 bits per heavy atom. The molecule has 9 nitrogen and oxygen atoms in total. The number of rotatable bonds is 17. The summed E-state index contributed by atoms with van der Waals surface area (Å²) in [5.74, 6) is -0.316. The van der Waals surface area contributed by atoms with E-state index in [0.717, 1.165) is 38.9 Å². The molecule has 6 aromatic carbocycles. The minimum absolute atomic E-state index is 0.0678. The highest BCUT2D eigenvalue weighted by Gasteiger charge is 2.57. The van der Waals surface area contributed by atoms with Crippen molar-refractivity contribution in [3.63, 3.8) is 0 Å². The van der Waals surface area contributed by atoms with Crippen molar-refractivity contribution in [3.05, 3.63) is 196 Å². The van der Waals surface area contributed by atoms with E-state index in [9.17, 15) is 5.11 Å². The Morgan fingerprint density at radius 3 is 1.77 bits per heavy atom. The molecule has 0 saturated carbocycles. The van der Waals surface area contributed by atoms with Gasteiger partial charge in [0, 0.05) is 23.5 Å². The summed E-state index contributed by atoms with van der Waals surface area (Å²) >= 11 is 0. The Hall–Kier alpha value is -5.59. The largest absolute Gasteiger partial charge is 0.492 e. The van der Waals surface area contributed by atoms with Gasteiger partial charge in [0.25, 0.3) is 0 Å². The van der Waals surface area contributed by atoms with Gasteiger partial charge in [0.05, 0.1) is 46.2 Å². The third-order valence-electron chi connectivity index (χ3n) is 11.5. The quantitative estimate of drug-likeness (QED) is 0.0967. The molecule has 1 N–H and O–H groups in total. The SMILES string of the molecule is OC1(c2cc(Cc3ccc4c(c3)OCCO4)c3c(c2)C(COCc2ccccc2)CO3)O[C@H](COCc2ccccc2)[C@@H](F)[C@H](OCc2ccccc2)[C@H]1OCc1ccccc1. The van der Waals surface area contributed by atoms with Crippen LogP contribution in [0.2, 0.25) is 0 Å². The van der Waals surface area contributed by atoms with E-state index in [1.165, 1.54) is 0 Å². The van der Waals surface area contributed by atoms with E-state index < -0.39 is 30.3 Å². The highest BCUT2D eigenvalue weighted by atomic mass is 19.1. The molecule has 1 fully saturated rings. The molecule has 3 aliphatic heterocycles. The molecule has 3 heterocycles. The van der Waals surface area contributed by atoms with E-state index >= 15 is 4.39 Å². The van der Waals surface area contributed by atoms with E-state index in [4.69, 9.17) is 37.9 Å². The molecule has 6 atom stereocenters. The highest BCUT2D eigenvalue weighted by molar-refractivity contribution is 5.53. The zero-order chi connectivity index (χ0) is 42.1. The molecule has 2 unspecified atom stereocenters. The first kappa shape index (κ1) is 41.7. The van der Waals surface area contributed by atoms with Crippen molar-refractivity contribution in [2.45, 2.75) is 69.0 Å². The normalized spacial score (nSPS) is 22.8. The van der Waals surface area contributed by atoms with Gasteiger partial charge in [0.2, 0.25) is 5.79 Å². The van der Waals surface area contributed by atoms with E-state index in [1.54, 1.807) is 0 Å². The smallest absolute Gasteiger partial charge is 0.222 e. The lowest BCUT2D eigenvalue weighted by molar-refractivity contribution is -0.366. The third-order valence-corrected chi connectivity index (χ3v) is 11.5. The van der Waals surface area contributed by atoms with Gasteiger partial charge in [0.15, 0.2) is 17.7 Å². The second-order valence-corrected chi connectivity index (χ2v) is 16.0. The molecule has 0 bridgehead atoms. The Bertz CT molecular complexity index is 2350. The van der Waals surface area contributed by atoms with Crippen LogP contribution in [0.3, 0.4) is 0 Å². The van der Waals surface area contributed by atoms with Gasteiger partial charge in [-0.3, -0.25) is 0 Å². The third kappa shape index (κ3) is 9.71. The second-order valence-electron chi connectivity index (χ2n) is 16.0. The summed E-state index contributed by atoms with van der Waals surface area (Å²) in [5, 5.41) is 13.4. The van der Waals surface area contributed by atoms with Crippen LogP contribution in [0, 0.1) is 0 Å². The van der Waals surface area contributed by atoms with Crippen LogP contribution in [0.5, 0.6) is 17.2 Å². The van der Waals surface area contributed by atoms with Crippen LogP contribution >= 0.6 is 0 Å². The molecular formula is C52H51FO9. The summed E-state index contributed by atoms with van der Waals surface area (Å²) in [5.41, 5.74) is 6.68. The first-order chi connectivity index (χ1) is 30.5. The summed E-state index contributed by atoms with van der Waals surface area (Å²) in [6.07, 6.45) is -5.11. The molecule has 1 saturated heterocycles. The van der Waals surface area contributed by atoms with Crippen LogP contribution in [-0.4, -0.2) is 62.6 Å². The molecule has 62 heavy (non-hydrogen) atoms. The minimum atomic E-state index is -2.21. The van der Waals surface area contributed by atoms with Crippen molar-refractivity contribution in [3.8, 4) is 17.2 Å². The molecule has 6 aromatic rings. The fourth-order valence-electron chi connectivity index (χ4n) is 8.36. The predicted molar refractivity (Wildman–Crippen MR) is 231 cm³/mol. The Balaban J connectivity index is 1.10. The van der Waals surface area contributed by atoms with Crippen molar-refractivity contribution in [2.75, 3.05) is 33.0 Å². The van der Waals surface area contributed by atoms with E-state index in [0.29, 0.717) is 62.3 Å². The van der Waals surface area contributed by atoms with Gasteiger partial charge in [0.1, 0.15) is 37.3 Å². The molecule has 3 aliphatic rings. The first-order valence-electron chi connectivity index (χ1n) is 21.3. The first-order valence-corrected chi connectivity index (χ1v) is 21.3. The number of benzene rings is 6. The standard InChI is InChI=1S/C52H51FO9/c53-48-47(35-56-30-37-15-7-2-8-16-37)62-52(54,51(61-32-39-19-11-4-12-20-39)50(48)59-31-38-17-9-3-10-18-38)43-27-41(25-40-21-22-45-46(26-40)58-24-23-57-45)49-44(28-43)42(34-60-49)33-55-29-36-13-5-1-6-14-36/h1-22,26-28,42,47-48,50-51,54H,23-25,29-35H2/t42?,47-,48-,50+,51-,52?/m1/s1. The number of ether oxygens (including phenoxy) is 8. The van der Waals surface area contributed by atoms with E-state index in [2.05, 4.69) is 0 Å². The molecule has 0 spiro atoms. The number of alkyl halides is 1. The summed E-state index contributed by atoms with van der Waals surface area (Å²) in [6, 6.07) is 48.5. The summed E-state index contributed by atoms with van der Waals surface area (Å²) < 4.78 is 67.7. The minimum Gasteiger partial charge on any atom is -0.492 e. The van der Waals surface area contributed by atoms with Crippen LogP contribution in [0.4, 0.5) is 4.39 Å². The summed E-state index contributed by atoms with van der Waals surface area (Å²) in [6.45, 7) is 2.36. The van der Waals surface area contributed by atoms with E-state index in [-0.39, 0.29) is 32.3 Å². The second kappa shape index (κ2) is 19.6. The van der Waals surface area contributed by atoms with Gasteiger partial charge in [-0.15, -0.1) is 0 Å². The number of hydrogen-bond acceptors (Lipinski definition) is 9. The van der Waals surface area contributed by atoms with Crippen molar-refractivity contribution in [2.24, 2.45) is 0 Å². The molecule has 0 amide bonds. The average Bonchev–Trinajstić information content (AvgIpc) is 3.73. The lowest BCUT2D eigenvalue weighted by Crippen LogP contribution is -2.64. The van der Waals surface area contributed by atoms with Gasteiger partial charge in [-0.05, 0) is 57.6 Å². The number of hydrogen-bond donors (Lipinski definition) is 1.